The zero-order chi connectivity index (χ0) is 13.8. The number of carboxylic acids is 1. The average Bonchev–Trinajstić information content (AvgIpc) is 2.64. The number of nitrogens with zero attached hydrogens (tertiary/aromatic N) is 1. The highest BCUT2D eigenvalue weighted by molar-refractivity contribution is 7.93. The summed E-state index contributed by atoms with van der Waals surface area (Å²) >= 11 is 0.871. The van der Waals surface area contributed by atoms with Gasteiger partial charge in [0.2, 0.25) is 0 Å². The van der Waals surface area contributed by atoms with Crippen molar-refractivity contribution in [1.82, 2.24) is 4.98 Å². The number of sulfonamides is 1. The van der Waals surface area contributed by atoms with Crippen LogP contribution in [0.5, 0.6) is 0 Å². The molecule has 0 aliphatic carbocycles. The van der Waals surface area contributed by atoms with Crippen molar-refractivity contribution in [2.24, 2.45) is 0 Å². The van der Waals surface area contributed by atoms with E-state index in [0.29, 0.717) is 18.5 Å². The fourth-order valence-electron chi connectivity index (χ4n) is 1.06. The van der Waals surface area contributed by atoms with Crippen LogP contribution >= 0.6 is 11.3 Å². The van der Waals surface area contributed by atoms with Gasteiger partial charge in [0.25, 0.3) is 10.0 Å². The molecule has 6 nitrogen and oxygen atoms in total. The van der Waals surface area contributed by atoms with Crippen molar-refractivity contribution in [3.63, 3.8) is 0 Å². The second kappa shape index (κ2) is 6.05. The molecule has 102 valence electrons. The molecule has 0 unspecified atom stereocenters. The highest BCUT2D eigenvalue weighted by Gasteiger charge is 2.24. The van der Waals surface area contributed by atoms with Gasteiger partial charge in [0, 0.05) is 11.8 Å². The minimum atomic E-state index is -4.70. The molecule has 2 N–H and O–H groups in total. The Hall–Kier alpha value is -1.29. The third-order valence-corrected chi connectivity index (χ3v) is 3.72. The van der Waals surface area contributed by atoms with Crippen LogP contribution in [-0.4, -0.2) is 30.2 Å². The standard InChI is InChI=1S/C8H10F2N2O4S2/c9-7(10)18(15,16)12-8-11-5(4-17-8)2-1-3-6(13)14/h4,7H,1-3H2,(H,11,12)(H,13,14). The number of aromatic nitrogens is 1. The van der Waals surface area contributed by atoms with Crippen LogP contribution in [0.1, 0.15) is 18.5 Å². The van der Waals surface area contributed by atoms with Gasteiger partial charge in [-0.25, -0.2) is 13.4 Å². The number of hydrogen-bond donors (Lipinski definition) is 2. The van der Waals surface area contributed by atoms with E-state index in [1.54, 1.807) is 4.72 Å². The molecule has 0 aromatic carbocycles. The fraction of sp³-hybridized carbons (Fsp3) is 0.500. The molecular formula is C8H10F2N2O4S2. The van der Waals surface area contributed by atoms with Crippen LogP contribution in [-0.2, 0) is 21.2 Å². The van der Waals surface area contributed by atoms with Gasteiger partial charge in [-0.05, 0) is 12.8 Å². The number of carbonyl (C=O) groups is 1. The largest absolute Gasteiger partial charge is 0.481 e. The molecule has 0 aliphatic heterocycles. The summed E-state index contributed by atoms with van der Waals surface area (Å²) in [7, 11) is -4.70. The Labute approximate surface area is 106 Å². The summed E-state index contributed by atoms with van der Waals surface area (Å²) in [6.07, 6.45) is 0.662. The molecule has 0 amide bonds. The van der Waals surface area contributed by atoms with E-state index in [9.17, 15) is 22.0 Å². The number of aliphatic carboxylic acids is 1. The first-order chi connectivity index (χ1) is 8.31. The lowest BCUT2D eigenvalue weighted by Gasteiger charge is -2.02. The maximum Gasteiger partial charge on any atom is 0.355 e. The Morgan fingerprint density at radius 3 is 2.78 bits per heavy atom. The normalized spacial score (nSPS) is 11.7. The van der Waals surface area contributed by atoms with E-state index in [2.05, 4.69) is 4.98 Å². The minimum absolute atomic E-state index is 0.0321. The molecule has 0 aliphatic rings. The minimum Gasteiger partial charge on any atom is -0.481 e. The molecule has 1 aromatic heterocycles. The third kappa shape index (κ3) is 4.53. The van der Waals surface area contributed by atoms with Crippen LogP contribution in [0.25, 0.3) is 0 Å². The molecule has 0 fully saturated rings. The molecule has 0 saturated heterocycles. The van der Waals surface area contributed by atoms with Crippen molar-refractivity contribution >= 4 is 32.5 Å². The van der Waals surface area contributed by atoms with E-state index < -0.39 is 21.8 Å². The smallest absolute Gasteiger partial charge is 0.355 e. The van der Waals surface area contributed by atoms with Crippen molar-refractivity contribution in [3.8, 4) is 0 Å². The molecule has 0 radical (unpaired) electrons. The number of hydrogen-bond acceptors (Lipinski definition) is 5. The van der Waals surface area contributed by atoms with Crippen LogP contribution in [0.3, 0.4) is 0 Å². The van der Waals surface area contributed by atoms with Crippen molar-refractivity contribution in [3.05, 3.63) is 11.1 Å². The topological polar surface area (TPSA) is 96.4 Å². The summed E-state index contributed by atoms with van der Waals surface area (Å²) in [5.74, 6) is -4.46. The average molecular weight is 300 g/mol. The van der Waals surface area contributed by atoms with Gasteiger partial charge in [-0.1, -0.05) is 0 Å². The maximum absolute atomic E-state index is 12.1. The predicted molar refractivity (Wildman–Crippen MR) is 61.2 cm³/mol. The lowest BCUT2D eigenvalue weighted by atomic mass is 10.2. The van der Waals surface area contributed by atoms with Crippen LogP contribution < -0.4 is 4.72 Å². The number of halogens is 2. The molecule has 0 spiro atoms. The molecule has 1 heterocycles. The Bertz CT molecular complexity index is 515. The number of anilines is 1. The molecular weight excluding hydrogens is 290 g/mol. The lowest BCUT2D eigenvalue weighted by Crippen LogP contribution is -2.20. The highest BCUT2D eigenvalue weighted by Crippen LogP contribution is 2.20. The summed E-state index contributed by atoms with van der Waals surface area (Å²) in [6.45, 7) is 0. The Kier molecular flexibility index (Phi) is 4.96. The van der Waals surface area contributed by atoms with Crippen molar-refractivity contribution in [1.29, 1.82) is 0 Å². The number of thiazole rings is 1. The predicted octanol–water partition coefficient (Wildman–Crippen LogP) is 1.51. The van der Waals surface area contributed by atoms with E-state index in [0.717, 1.165) is 11.3 Å². The van der Waals surface area contributed by atoms with Gasteiger partial charge >= 0.3 is 11.7 Å². The van der Waals surface area contributed by atoms with Gasteiger partial charge in [0.1, 0.15) is 0 Å². The SMILES string of the molecule is O=C(O)CCCc1csc(NS(=O)(=O)C(F)F)n1. The molecule has 0 atom stereocenters. The van der Waals surface area contributed by atoms with Crippen LogP contribution in [0, 0.1) is 0 Å². The van der Waals surface area contributed by atoms with Crippen molar-refractivity contribution in [2.75, 3.05) is 4.72 Å². The van der Waals surface area contributed by atoms with Gasteiger partial charge in [-0.15, -0.1) is 11.3 Å². The Balaban J connectivity index is 2.56. The van der Waals surface area contributed by atoms with E-state index in [-0.39, 0.29) is 11.6 Å². The number of nitrogens with one attached hydrogen (secondary N) is 1. The molecule has 1 aromatic rings. The van der Waals surface area contributed by atoms with Crippen molar-refractivity contribution < 1.29 is 27.1 Å². The fourth-order valence-corrected chi connectivity index (χ4v) is 2.56. The summed E-state index contributed by atoms with van der Waals surface area (Å²) < 4.78 is 47.4. The highest BCUT2D eigenvalue weighted by atomic mass is 32.2. The lowest BCUT2D eigenvalue weighted by molar-refractivity contribution is -0.137. The van der Waals surface area contributed by atoms with Gasteiger partial charge < -0.3 is 5.11 Å². The van der Waals surface area contributed by atoms with Crippen LogP contribution in [0.2, 0.25) is 0 Å². The first kappa shape index (κ1) is 14.8. The second-order valence-electron chi connectivity index (χ2n) is 3.30. The molecule has 0 bridgehead atoms. The van der Waals surface area contributed by atoms with Gasteiger partial charge in [0.05, 0.1) is 5.69 Å². The summed E-state index contributed by atoms with van der Waals surface area (Å²) in [5.41, 5.74) is 0.466. The molecule has 0 saturated carbocycles. The van der Waals surface area contributed by atoms with Gasteiger partial charge in [0.15, 0.2) is 5.13 Å². The van der Waals surface area contributed by atoms with Crippen molar-refractivity contribution in [2.45, 2.75) is 25.0 Å². The number of rotatable bonds is 7. The number of aryl methyl sites for hydroxylation is 1. The van der Waals surface area contributed by atoms with Crippen LogP contribution in [0.4, 0.5) is 13.9 Å². The summed E-state index contributed by atoms with van der Waals surface area (Å²) in [6, 6.07) is 0. The first-order valence-electron chi connectivity index (χ1n) is 4.77. The monoisotopic (exact) mass is 300 g/mol. The van der Waals surface area contributed by atoms with E-state index in [4.69, 9.17) is 5.11 Å². The number of carboxylic acid groups (broad SMARTS) is 1. The van der Waals surface area contributed by atoms with Gasteiger partial charge in [-0.3, -0.25) is 9.52 Å². The second-order valence-corrected chi connectivity index (χ2v) is 5.81. The Morgan fingerprint density at radius 2 is 2.22 bits per heavy atom. The number of alkyl halides is 2. The first-order valence-corrected chi connectivity index (χ1v) is 7.20. The van der Waals surface area contributed by atoms with E-state index >= 15 is 0 Å². The van der Waals surface area contributed by atoms with Gasteiger partial charge in [-0.2, -0.15) is 8.78 Å². The maximum atomic E-state index is 12.1. The Morgan fingerprint density at radius 1 is 1.56 bits per heavy atom. The zero-order valence-electron chi connectivity index (χ0n) is 8.97. The molecule has 18 heavy (non-hydrogen) atoms. The van der Waals surface area contributed by atoms with E-state index in [1.165, 1.54) is 5.38 Å². The quantitative estimate of drug-likeness (QED) is 0.795. The molecule has 1 rings (SSSR count). The summed E-state index contributed by atoms with van der Waals surface area (Å²) in [4.78, 5) is 14.0. The van der Waals surface area contributed by atoms with Crippen LogP contribution in [0.15, 0.2) is 5.38 Å². The van der Waals surface area contributed by atoms with E-state index in [1.807, 2.05) is 0 Å². The third-order valence-electron chi connectivity index (χ3n) is 1.84. The molecule has 10 heteroatoms. The summed E-state index contributed by atoms with van der Waals surface area (Å²) in [5, 5.41) is 9.76. The zero-order valence-corrected chi connectivity index (χ0v) is 10.6.